The number of carbonyl (C=O) groups excluding carboxylic acids is 1. The number of hydrogen-bond acceptors (Lipinski definition) is 11. The van der Waals surface area contributed by atoms with Crippen LogP contribution in [0.15, 0.2) is 30.3 Å². The summed E-state index contributed by atoms with van der Waals surface area (Å²) in [5.41, 5.74) is 1.10. The molecule has 0 bridgehead atoms. The quantitative estimate of drug-likeness (QED) is 0.347. The van der Waals surface area contributed by atoms with Crippen LogP contribution in [0, 0.1) is 0 Å². The molecule has 0 saturated carbocycles. The summed E-state index contributed by atoms with van der Waals surface area (Å²) in [6, 6.07) is 7.74. The maximum absolute atomic E-state index is 11.8. The molecule has 1 heterocycles. The summed E-state index contributed by atoms with van der Waals surface area (Å²) in [6.07, 6.45) is 0.906. The molecule has 8 nitrogen and oxygen atoms in total. The predicted molar refractivity (Wildman–Crippen MR) is 103 cm³/mol. The first-order valence-electron chi connectivity index (χ1n) is 6.75. The fourth-order valence-corrected chi connectivity index (χ4v) is 2.70. The summed E-state index contributed by atoms with van der Waals surface area (Å²) in [5.74, 6) is -0.100. The van der Waals surface area contributed by atoms with Crippen LogP contribution in [0.1, 0.15) is 16.2 Å². The van der Waals surface area contributed by atoms with E-state index < -0.39 is 16.1 Å². The van der Waals surface area contributed by atoms with Gasteiger partial charge in [0.15, 0.2) is 0 Å². The summed E-state index contributed by atoms with van der Waals surface area (Å²) >= 11 is 11.0. The second kappa shape index (κ2) is 8.86. The van der Waals surface area contributed by atoms with Crippen LogP contribution in [0.4, 0.5) is 0 Å². The number of carbonyl (C=O) groups is 1. The minimum absolute atomic E-state index is 0.0933. The lowest BCUT2D eigenvalue weighted by molar-refractivity contribution is 0.0765. The Morgan fingerprint density at radius 2 is 1.85 bits per heavy atom. The van der Waals surface area contributed by atoms with Crippen LogP contribution in [0.3, 0.4) is 0 Å². The van der Waals surface area contributed by atoms with Crippen LogP contribution in [-0.2, 0) is 25.1 Å². The molecule has 0 N–H and O–H groups in total. The Balaban J connectivity index is 2.55. The van der Waals surface area contributed by atoms with Gasteiger partial charge in [-0.3, -0.25) is 4.18 Å². The van der Waals surface area contributed by atoms with Crippen molar-refractivity contribution in [3.63, 3.8) is 0 Å². The van der Waals surface area contributed by atoms with Crippen molar-refractivity contribution in [1.82, 2.24) is 4.98 Å². The summed E-state index contributed by atoms with van der Waals surface area (Å²) in [5, 5.41) is 0. The summed E-state index contributed by atoms with van der Waals surface area (Å²) in [7, 11) is -3.69. The average Bonchev–Trinajstić information content (AvgIpc) is 2.64. The molecule has 140 valence electrons. The van der Waals surface area contributed by atoms with E-state index in [2.05, 4.69) is 47.9 Å². The molecule has 2 aromatic rings. The Hall–Kier alpha value is -1.60. The van der Waals surface area contributed by atoms with Crippen LogP contribution in [-0.4, -0.2) is 25.6 Å². The van der Waals surface area contributed by atoms with Gasteiger partial charge in [-0.25, -0.2) is 9.78 Å². The number of benzene rings is 1. The molecule has 1 aromatic carbocycles. The molecule has 0 amide bonds. The molecule has 0 aliphatic carbocycles. The van der Waals surface area contributed by atoms with Crippen molar-refractivity contribution >= 4 is 54.8 Å². The lowest BCUT2D eigenvalue weighted by Crippen LogP contribution is -2.08. The fourth-order valence-electron chi connectivity index (χ4n) is 2.01. The smallest absolute Gasteiger partial charge is 0.368 e. The van der Waals surface area contributed by atoms with Crippen molar-refractivity contribution in [2.24, 2.45) is 0 Å². The van der Waals surface area contributed by atoms with E-state index in [0.717, 1.165) is 6.26 Å². The second-order valence-electron chi connectivity index (χ2n) is 4.92. The summed E-state index contributed by atoms with van der Waals surface area (Å²) in [6.45, 7) is -0.367. The van der Waals surface area contributed by atoms with Crippen molar-refractivity contribution < 1.29 is 29.9 Å². The van der Waals surface area contributed by atoms with Gasteiger partial charge in [-0.05, 0) is 29.8 Å². The van der Waals surface area contributed by atoms with Gasteiger partial charge >= 0.3 is 5.97 Å². The van der Waals surface area contributed by atoms with E-state index in [1.165, 1.54) is 18.2 Å². The van der Waals surface area contributed by atoms with Crippen molar-refractivity contribution in [1.29, 1.82) is 0 Å². The molecule has 2 rings (SSSR count). The molecule has 1 aromatic heterocycles. The van der Waals surface area contributed by atoms with E-state index in [4.69, 9.17) is 12.5 Å². The lowest BCUT2D eigenvalue weighted by Gasteiger charge is -2.11. The number of rotatable bonds is 7. The van der Waals surface area contributed by atoms with E-state index in [-0.39, 0.29) is 18.0 Å². The molecular weight excluding hydrogens is 422 g/mol. The monoisotopic (exact) mass is 435 g/mol. The largest absolute Gasteiger partial charge is 0.429 e. The SMILES string of the molecule is CS(=O)(=O)OCc1cc(-c2ccc(OS)cc2OS)cc(C(=O)OS)n1. The van der Waals surface area contributed by atoms with Crippen LogP contribution in [0.2, 0.25) is 0 Å². The maximum Gasteiger partial charge on any atom is 0.368 e. The van der Waals surface area contributed by atoms with Gasteiger partial charge in [-0.1, -0.05) is 0 Å². The third kappa shape index (κ3) is 5.45. The number of hydrogen-bond donors (Lipinski definition) is 3. The number of thiol groups is 3. The van der Waals surface area contributed by atoms with Crippen molar-refractivity contribution in [3.8, 4) is 22.6 Å². The van der Waals surface area contributed by atoms with Gasteiger partial charge in [0, 0.05) is 50.4 Å². The molecule has 0 aliphatic rings. The van der Waals surface area contributed by atoms with Gasteiger partial charge in [0.2, 0.25) is 0 Å². The molecule has 0 saturated heterocycles. The van der Waals surface area contributed by atoms with E-state index in [9.17, 15) is 13.2 Å². The van der Waals surface area contributed by atoms with E-state index >= 15 is 0 Å². The fraction of sp³-hybridized carbons (Fsp3) is 0.143. The number of aromatic nitrogens is 1. The molecule has 0 spiro atoms. The van der Waals surface area contributed by atoms with Crippen LogP contribution in [0.5, 0.6) is 11.5 Å². The lowest BCUT2D eigenvalue weighted by atomic mass is 10.0. The number of pyridine rings is 1. The molecule has 0 radical (unpaired) electrons. The predicted octanol–water partition coefficient (Wildman–Crippen LogP) is 2.67. The average molecular weight is 436 g/mol. The van der Waals surface area contributed by atoms with E-state index in [1.807, 2.05) is 0 Å². The van der Waals surface area contributed by atoms with Crippen LogP contribution >= 0.6 is 38.7 Å². The Labute approximate surface area is 166 Å². The molecule has 0 aliphatic heterocycles. The minimum Gasteiger partial charge on any atom is -0.429 e. The highest BCUT2D eigenvalue weighted by molar-refractivity contribution is 7.85. The van der Waals surface area contributed by atoms with Gasteiger partial charge < -0.3 is 12.5 Å². The highest BCUT2D eigenvalue weighted by Crippen LogP contribution is 2.35. The topological polar surface area (TPSA) is 101 Å². The maximum atomic E-state index is 11.8. The first-order chi connectivity index (χ1) is 12.3. The van der Waals surface area contributed by atoms with Gasteiger partial charge in [0.05, 0.1) is 11.9 Å². The van der Waals surface area contributed by atoms with Crippen molar-refractivity contribution in [2.75, 3.05) is 6.26 Å². The highest BCUT2D eigenvalue weighted by atomic mass is 32.2. The molecule has 0 fully saturated rings. The second-order valence-corrected chi connectivity index (χ2v) is 7.11. The van der Waals surface area contributed by atoms with Crippen molar-refractivity contribution in [2.45, 2.75) is 6.61 Å². The minimum atomic E-state index is -3.69. The number of nitrogens with zero attached hydrogens (tertiary/aromatic N) is 1. The Morgan fingerprint density at radius 3 is 2.42 bits per heavy atom. The Kier molecular flexibility index (Phi) is 7.06. The Morgan fingerprint density at radius 1 is 1.12 bits per heavy atom. The summed E-state index contributed by atoms with van der Waals surface area (Å²) < 4.78 is 41.4. The zero-order valence-corrected chi connectivity index (χ0v) is 16.6. The first-order valence-corrected chi connectivity index (χ1v) is 9.67. The van der Waals surface area contributed by atoms with Gasteiger partial charge in [-0.2, -0.15) is 8.42 Å². The molecular formula is C14H13NO7S4. The third-order valence-corrected chi connectivity index (χ3v) is 4.18. The molecule has 0 atom stereocenters. The van der Waals surface area contributed by atoms with Gasteiger partial charge in [0.1, 0.15) is 23.8 Å². The van der Waals surface area contributed by atoms with E-state index in [1.54, 1.807) is 12.1 Å². The van der Waals surface area contributed by atoms with Crippen LogP contribution in [0.25, 0.3) is 11.1 Å². The Bertz CT molecular complexity index is 918. The summed E-state index contributed by atoms with van der Waals surface area (Å²) in [4.78, 5) is 15.8. The zero-order valence-electron chi connectivity index (χ0n) is 13.1. The normalized spacial score (nSPS) is 11.1. The van der Waals surface area contributed by atoms with Crippen LogP contribution < -0.4 is 8.37 Å². The highest BCUT2D eigenvalue weighted by Gasteiger charge is 2.16. The van der Waals surface area contributed by atoms with Gasteiger partial charge in [0.25, 0.3) is 10.1 Å². The van der Waals surface area contributed by atoms with E-state index in [0.29, 0.717) is 22.6 Å². The third-order valence-electron chi connectivity index (χ3n) is 3.06. The molecule has 12 heteroatoms. The zero-order chi connectivity index (χ0) is 19.3. The standard InChI is InChI=1S/C14H13NO7S4/c1-26(17,18)19-7-9-4-8(5-12(15-9)14(16)22-25)11-3-2-10(20-23)6-13(11)21-24/h2-6,23-25H,7H2,1H3. The molecule has 26 heavy (non-hydrogen) atoms. The first kappa shape index (κ1) is 20.7. The van der Waals surface area contributed by atoms with Crippen molar-refractivity contribution in [3.05, 3.63) is 41.7 Å². The molecule has 0 unspecified atom stereocenters. The van der Waals surface area contributed by atoms with Gasteiger partial charge in [-0.15, -0.1) is 0 Å².